The lowest BCUT2D eigenvalue weighted by molar-refractivity contribution is -0.137. The Labute approximate surface area is 122 Å². The van der Waals surface area contributed by atoms with Gasteiger partial charge in [-0.25, -0.2) is 0 Å². The summed E-state index contributed by atoms with van der Waals surface area (Å²) in [5, 5.41) is 12.9. The molecule has 0 aliphatic heterocycles. The Hall–Kier alpha value is -2.63. The van der Waals surface area contributed by atoms with Gasteiger partial charge in [-0.1, -0.05) is 31.2 Å². The van der Waals surface area contributed by atoms with Crippen molar-refractivity contribution in [3.63, 3.8) is 0 Å². The number of benzene rings is 1. The van der Waals surface area contributed by atoms with E-state index in [1.54, 1.807) is 6.08 Å². The van der Waals surface area contributed by atoms with Crippen molar-refractivity contribution in [3.8, 4) is 0 Å². The molecule has 1 aromatic carbocycles. The average Bonchev–Trinajstić information content (AvgIpc) is 2.49. The van der Waals surface area contributed by atoms with E-state index < -0.39 is 24.3 Å². The van der Waals surface area contributed by atoms with Gasteiger partial charge in [-0.05, 0) is 23.6 Å². The van der Waals surface area contributed by atoms with Gasteiger partial charge in [0.15, 0.2) is 0 Å². The van der Waals surface area contributed by atoms with E-state index in [-0.39, 0.29) is 6.54 Å². The zero-order valence-corrected chi connectivity index (χ0v) is 11.8. The summed E-state index contributed by atoms with van der Waals surface area (Å²) in [6.45, 7) is 1.34. The fraction of sp³-hybridized carbons (Fsp3) is 0.267. The molecule has 0 bridgehead atoms. The molecule has 0 heterocycles. The highest BCUT2D eigenvalue weighted by molar-refractivity contribution is 5.94. The summed E-state index contributed by atoms with van der Waals surface area (Å²) in [6, 6.07) is 7.78. The highest BCUT2D eigenvalue weighted by Gasteiger charge is 2.04. The number of amides is 2. The van der Waals surface area contributed by atoms with Gasteiger partial charge < -0.3 is 15.7 Å². The molecule has 1 aromatic rings. The first kappa shape index (κ1) is 16.4. The van der Waals surface area contributed by atoms with Crippen molar-refractivity contribution >= 4 is 23.9 Å². The third-order valence-electron chi connectivity index (χ3n) is 2.68. The second-order valence-electron chi connectivity index (χ2n) is 4.32. The van der Waals surface area contributed by atoms with Crippen LogP contribution in [0.15, 0.2) is 30.3 Å². The average molecular weight is 290 g/mol. The highest BCUT2D eigenvalue weighted by Crippen LogP contribution is 2.06. The third kappa shape index (κ3) is 6.91. The molecule has 3 N–H and O–H groups in total. The van der Waals surface area contributed by atoms with Crippen molar-refractivity contribution in [2.75, 3.05) is 13.1 Å². The van der Waals surface area contributed by atoms with E-state index in [1.165, 1.54) is 11.6 Å². The molecule has 0 spiro atoms. The van der Waals surface area contributed by atoms with Crippen LogP contribution in [-0.2, 0) is 20.8 Å². The van der Waals surface area contributed by atoms with E-state index >= 15 is 0 Å². The molecule has 0 atom stereocenters. The van der Waals surface area contributed by atoms with Gasteiger partial charge in [-0.2, -0.15) is 0 Å². The number of carbonyl (C=O) groups excluding carboxylic acids is 2. The smallest absolute Gasteiger partial charge is 0.322 e. The number of aliphatic carboxylic acids is 1. The molecule has 0 saturated carbocycles. The van der Waals surface area contributed by atoms with Gasteiger partial charge in [-0.3, -0.25) is 14.4 Å². The van der Waals surface area contributed by atoms with Gasteiger partial charge >= 0.3 is 5.97 Å². The first-order chi connectivity index (χ1) is 10.0. The Kier molecular flexibility index (Phi) is 6.67. The van der Waals surface area contributed by atoms with Crippen molar-refractivity contribution in [2.45, 2.75) is 13.3 Å². The van der Waals surface area contributed by atoms with Crippen LogP contribution in [0.3, 0.4) is 0 Å². The molecule has 21 heavy (non-hydrogen) atoms. The van der Waals surface area contributed by atoms with Crippen molar-refractivity contribution in [2.24, 2.45) is 0 Å². The Morgan fingerprint density at radius 1 is 1.10 bits per heavy atom. The van der Waals surface area contributed by atoms with Crippen LogP contribution in [0.25, 0.3) is 6.08 Å². The minimum atomic E-state index is -1.13. The van der Waals surface area contributed by atoms with E-state index in [0.29, 0.717) is 0 Å². The van der Waals surface area contributed by atoms with E-state index in [1.807, 2.05) is 24.3 Å². The number of aryl methyl sites for hydroxylation is 1. The lowest BCUT2D eigenvalue weighted by Gasteiger charge is -2.02. The topological polar surface area (TPSA) is 95.5 Å². The number of nitrogens with one attached hydrogen (secondary N) is 2. The molecule has 1 rings (SSSR count). The lowest BCUT2D eigenvalue weighted by Crippen LogP contribution is -2.38. The van der Waals surface area contributed by atoms with Gasteiger partial charge in [0, 0.05) is 6.08 Å². The van der Waals surface area contributed by atoms with Crippen molar-refractivity contribution < 1.29 is 19.5 Å². The number of carbonyl (C=O) groups is 3. The SMILES string of the molecule is CCc1ccc(/C=C/C(=O)NCC(=O)NCC(=O)O)cc1. The van der Waals surface area contributed by atoms with E-state index in [2.05, 4.69) is 17.6 Å². The van der Waals surface area contributed by atoms with E-state index in [9.17, 15) is 14.4 Å². The minimum absolute atomic E-state index is 0.259. The summed E-state index contributed by atoms with van der Waals surface area (Å²) in [4.78, 5) is 32.9. The van der Waals surface area contributed by atoms with Gasteiger partial charge in [0.25, 0.3) is 0 Å². The van der Waals surface area contributed by atoms with Gasteiger partial charge in [-0.15, -0.1) is 0 Å². The van der Waals surface area contributed by atoms with Crippen LogP contribution in [0.4, 0.5) is 0 Å². The van der Waals surface area contributed by atoms with Crippen molar-refractivity contribution in [1.29, 1.82) is 0 Å². The molecule has 6 heteroatoms. The van der Waals surface area contributed by atoms with Crippen LogP contribution in [0.1, 0.15) is 18.1 Å². The maximum atomic E-state index is 11.5. The maximum absolute atomic E-state index is 11.5. The molecule has 0 unspecified atom stereocenters. The fourth-order valence-electron chi connectivity index (χ4n) is 1.50. The number of hydrogen-bond donors (Lipinski definition) is 3. The maximum Gasteiger partial charge on any atom is 0.322 e. The molecule has 0 aliphatic rings. The standard InChI is InChI=1S/C15H18N2O4/c1-2-11-3-5-12(6-4-11)7-8-13(18)16-9-14(19)17-10-15(20)21/h3-8H,2,9-10H2,1H3,(H,16,18)(H,17,19)(H,20,21)/b8-7+. The normalized spacial score (nSPS) is 10.3. The molecule has 0 saturated heterocycles. The third-order valence-corrected chi connectivity index (χ3v) is 2.68. The molecule has 0 aliphatic carbocycles. The summed E-state index contributed by atoms with van der Waals surface area (Å²) in [6.07, 6.45) is 3.92. The first-order valence-electron chi connectivity index (χ1n) is 6.54. The Morgan fingerprint density at radius 3 is 2.33 bits per heavy atom. The quantitative estimate of drug-likeness (QED) is 0.640. The molecule has 112 valence electrons. The Morgan fingerprint density at radius 2 is 1.76 bits per heavy atom. The molecular weight excluding hydrogens is 272 g/mol. The van der Waals surface area contributed by atoms with E-state index in [0.717, 1.165) is 12.0 Å². The number of rotatable bonds is 7. The fourth-order valence-corrected chi connectivity index (χ4v) is 1.50. The second kappa shape index (κ2) is 8.52. The van der Waals surface area contributed by atoms with Crippen LogP contribution in [-0.4, -0.2) is 36.0 Å². The predicted molar refractivity (Wildman–Crippen MR) is 78.5 cm³/mol. The highest BCUT2D eigenvalue weighted by atomic mass is 16.4. The molecule has 0 aromatic heterocycles. The predicted octanol–water partition coefficient (Wildman–Crippen LogP) is 0.579. The summed E-state index contributed by atoms with van der Waals surface area (Å²) < 4.78 is 0. The second-order valence-corrected chi connectivity index (χ2v) is 4.32. The molecule has 0 fully saturated rings. The summed E-state index contributed by atoms with van der Waals surface area (Å²) >= 11 is 0. The number of hydrogen-bond acceptors (Lipinski definition) is 3. The van der Waals surface area contributed by atoms with Gasteiger partial charge in [0.1, 0.15) is 6.54 Å². The molecular formula is C15H18N2O4. The van der Waals surface area contributed by atoms with Crippen molar-refractivity contribution in [1.82, 2.24) is 10.6 Å². The van der Waals surface area contributed by atoms with E-state index in [4.69, 9.17) is 5.11 Å². The summed E-state index contributed by atoms with van der Waals surface area (Å²) in [5.74, 6) is -2.10. The van der Waals surface area contributed by atoms with Crippen LogP contribution in [0.2, 0.25) is 0 Å². The molecule has 6 nitrogen and oxygen atoms in total. The van der Waals surface area contributed by atoms with Crippen LogP contribution >= 0.6 is 0 Å². The zero-order valence-electron chi connectivity index (χ0n) is 11.8. The van der Waals surface area contributed by atoms with Crippen LogP contribution in [0.5, 0.6) is 0 Å². The Bertz CT molecular complexity index is 535. The van der Waals surface area contributed by atoms with Gasteiger partial charge in [0.2, 0.25) is 11.8 Å². The molecule has 2 amide bonds. The largest absolute Gasteiger partial charge is 0.480 e. The van der Waals surface area contributed by atoms with Crippen molar-refractivity contribution in [3.05, 3.63) is 41.5 Å². The monoisotopic (exact) mass is 290 g/mol. The lowest BCUT2D eigenvalue weighted by atomic mass is 10.1. The number of carboxylic acid groups (broad SMARTS) is 1. The first-order valence-corrected chi connectivity index (χ1v) is 6.54. The summed E-state index contributed by atoms with van der Waals surface area (Å²) in [7, 11) is 0. The van der Waals surface area contributed by atoms with Crippen LogP contribution in [0, 0.1) is 0 Å². The minimum Gasteiger partial charge on any atom is -0.480 e. The Balaban J connectivity index is 2.36. The van der Waals surface area contributed by atoms with Gasteiger partial charge in [0.05, 0.1) is 6.54 Å². The molecule has 0 radical (unpaired) electrons. The summed E-state index contributed by atoms with van der Waals surface area (Å²) in [5.41, 5.74) is 2.10. The number of carboxylic acids is 1. The van der Waals surface area contributed by atoms with Crippen LogP contribution < -0.4 is 10.6 Å². The zero-order chi connectivity index (χ0) is 15.7.